The van der Waals surface area contributed by atoms with Crippen molar-refractivity contribution in [3.8, 4) is 11.3 Å². The summed E-state index contributed by atoms with van der Waals surface area (Å²) in [5.74, 6) is -0.441. The Morgan fingerprint density at radius 1 is 1.38 bits per heavy atom. The first-order chi connectivity index (χ1) is 12.3. The van der Waals surface area contributed by atoms with Gasteiger partial charge in [-0.2, -0.15) is 5.10 Å². The lowest BCUT2D eigenvalue weighted by molar-refractivity contribution is 0.0677. The average Bonchev–Trinajstić information content (AvgIpc) is 3.09. The van der Waals surface area contributed by atoms with Crippen LogP contribution in [0.15, 0.2) is 30.5 Å². The summed E-state index contributed by atoms with van der Waals surface area (Å²) in [7, 11) is -3.25. The number of hydrogen-bond donors (Lipinski definition) is 2. The molecule has 0 unspecified atom stereocenters. The number of sulfonamides is 1. The van der Waals surface area contributed by atoms with E-state index in [1.54, 1.807) is 17.0 Å². The van der Waals surface area contributed by atoms with Gasteiger partial charge in [-0.25, -0.2) is 17.5 Å². The third-order valence-corrected chi connectivity index (χ3v) is 5.13. The van der Waals surface area contributed by atoms with Crippen LogP contribution >= 0.6 is 0 Å². The quantitative estimate of drug-likeness (QED) is 0.824. The summed E-state index contributed by atoms with van der Waals surface area (Å²) in [4.78, 5) is 14.6. The van der Waals surface area contributed by atoms with E-state index in [0.717, 1.165) is 19.1 Å². The van der Waals surface area contributed by atoms with Crippen molar-refractivity contribution in [3.63, 3.8) is 0 Å². The van der Waals surface area contributed by atoms with Crippen molar-refractivity contribution in [2.45, 2.75) is 12.8 Å². The molecule has 1 aromatic heterocycles. The summed E-state index contributed by atoms with van der Waals surface area (Å²) < 4.78 is 38.2. The molecule has 2 heterocycles. The summed E-state index contributed by atoms with van der Waals surface area (Å²) in [6, 6.07) is 5.85. The highest BCUT2D eigenvalue weighted by molar-refractivity contribution is 7.88. The van der Waals surface area contributed by atoms with Gasteiger partial charge in [0.25, 0.3) is 5.91 Å². The first-order valence-corrected chi connectivity index (χ1v) is 10.3. The van der Waals surface area contributed by atoms with Crippen LogP contribution in [0.5, 0.6) is 0 Å². The highest BCUT2D eigenvalue weighted by Gasteiger charge is 2.27. The van der Waals surface area contributed by atoms with E-state index in [4.69, 9.17) is 0 Å². The number of carbonyl (C=O) groups excluding carboxylic acids is 1. The zero-order valence-corrected chi connectivity index (χ0v) is 15.2. The first-order valence-electron chi connectivity index (χ1n) is 8.37. The molecule has 140 valence electrons. The highest BCUT2D eigenvalue weighted by Crippen LogP contribution is 2.25. The molecule has 1 saturated heterocycles. The predicted molar refractivity (Wildman–Crippen MR) is 95.5 cm³/mol. The van der Waals surface area contributed by atoms with Gasteiger partial charge < -0.3 is 4.90 Å². The van der Waals surface area contributed by atoms with Gasteiger partial charge in [0, 0.05) is 25.2 Å². The van der Waals surface area contributed by atoms with Crippen LogP contribution in [0.3, 0.4) is 0 Å². The molecule has 0 aliphatic carbocycles. The molecule has 1 atom stereocenters. The van der Waals surface area contributed by atoms with E-state index in [-0.39, 0.29) is 17.6 Å². The molecule has 9 heteroatoms. The fourth-order valence-corrected chi connectivity index (χ4v) is 3.68. The Morgan fingerprint density at radius 2 is 2.12 bits per heavy atom. The van der Waals surface area contributed by atoms with E-state index >= 15 is 0 Å². The number of hydrogen-bond acceptors (Lipinski definition) is 4. The molecular formula is C17H21FN4O3S. The van der Waals surface area contributed by atoms with Crippen LogP contribution in [-0.2, 0) is 10.0 Å². The lowest BCUT2D eigenvalue weighted by Crippen LogP contribution is -2.43. The minimum atomic E-state index is -3.25. The predicted octanol–water partition coefficient (Wildman–Crippen LogP) is 1.62. The Balaban J connectivity index is 1.73. The van der Waals surface area contributed by atoms with E-state index < -0.39 is 10.0 Å². The molecule has 3 rings (SSSR count). The van der Waals surface area contributed by atoms with Gasteiger partial charge in [-0.3, -0.25) is 9.89 Å². The number of likely N-dealkylation sites (tertiary alicyclic amines) is 1. The van der Waals surface area contributed by atoms with Crippen LogP contribution in [0.25, 0.3) is 11.3 Å². The number of benzene rings is 1. The first kappa shape index (κ1) is 18.5. The van der Waals surface area contributed by atoms with Crippen molar-refractivity contribution in [2.75, 3.05) is 25.9 Å². The number of rotatable bonds is 5. The summed E-state index contributed by atoms with van der Waals surface area (Å²) in [5.41, 5.74) is 1.65. The number of nitrogens with one attached hydrogen (secondary N) is 2. The Hall–Kier alpha value is -2.26. The van der Waals surface area contributed by atoms with E-state index in [0.29, 0.717) is 36.5 Å². The van der Waals surface area contributed by atoms with E-state index in [2.05, 4.69) is 14.9 Å². The average molecular weight is 380 g/mol. The molecule has 1 aliphatic heterocycles. The lowest BCUT2D eigenvalue weighted by atomic mass is 9.97. The Labute approximate surface area is 151 Å². The van der Waals surface area contributed by atoms with Gasteiger partial charge in [0.1, 0.15) is 5.82 Å². The van der Waals surface area contributed by atoms with Crippen LogP contribution in [0.4, 0.5) is 4.39 Å². The zero-order valence-electron chi connectivity index (χ0n) is 14.4. The Kier molecular flexibility index (Phi) is 5.38. The maximum atomic E-state index is 13.1. The molecule has 0 spiro atoms. The number of aromatic amines is 1. The molecule has 2 aromatic rings. The van der Waals surface area contributed by atoms with Crippen LogP contribution in [-0.4, -0.2) is 55.3 Å². The monoisotopic (exact) mass is 380 g/mol. The minimum absolute atomic E-state index is 0.0728. The largest absolute Gasteiger partial charge is 0.338 e. The van der Waals surface area contributed by atoms with E-state index in [9.17, 15) is 17.6 Å². The highest BCUT2D eigenvalue weighted by atomic mass is 32.2. The molecule has 0 radical (unpaired) electrons. The molecule has 26 heavy (non-hydrogen) atoms. The van der Waals surface area contributed by atoms with Crippen molar-refractivity contribution in [1.82, 2.24) is 19.8 Å². The van der Waals surface area contributed by atoms with E-state index in [1.165, 1.54) is 18.3 Å². The van der Waals surface area contributed by atoms with Gasteiger partial charge in [-0.15, -0.1) is 0 Å². The number of carbonyl (C=O) groups is 1. The second-order valence-corrected chi connectivity index (χ2v) is 8.38. The fraction of sp³-hybridized carbons (Fsp3) is 0.412. The van der Waals surface area contributed by atoms with E-state index in [1.807, 2.05) is 0 Å². The van der Waals surface area contributed by atoms with Crippen molar-refractivity contribution < 1.29 is 17.6 Å². The molecule has 1 aromatic carbocycles. The van der Waals surface area contributed by atoms with Crippen LogP contribution in [0.1, 0.15) is 23.2 Å². The van der Waals surface area contributed by atoms with Gasteiger partial charge in [-0.05, 0) is 43.0 Å². The molecule has 7 nitrogen and oxygen atoms in total. The number of piperidine rings is 1. The topological polar surface area (TPSA) is 95.2 Å². The maximum Gasteiger partial charge on any atom is 0.257 e. The van der Waals surface area contributed by atoms with Crippen molar-refractivity contribution in [2.24, 2.45) is 5.92 Å². The van der Waals surface area contributed by atoms with Gasteiger partial charge in [0.15, 0.2) is 0 Å². The van der Waals surface area contributed by atoms with Crippen molar-refractivity contribution in [1.29, 1.82) is 0 Å². The normalized spacial score (nSPS) is 18.1. The van der Waals surface area contributed by atoms with Gasteiger partial charge >= 0.3 is 0 Å². The molecule has 2 N–H and O–H groups in total. The molecule has 0 bridgehead atoms. The minimum Gasteiger partial charge on any atom is -0.338 e. The SMILES string of the molecule is CS(=O)(=O)NC[C@H]1CCCN(C(=O)c2cn[nH]c2-c2ccc(F)cc2)C1. The van der Waals surface area contributed by atoms with Crippen LogP contribution in [0, 0.1) is 11.7 Å². The molecule has 1 fully saturated rings. The lowest BCUT2D eigenvalue weighted by Gasteiger charge is -2.32. The van der Waals surface area contributed by atoms with Crippen molar-refractivity contribution in [3.05, 3.63) is 41.8 Å². The van der Waals surface area contributed by atoms with Gasteiger partial charge in [0.05, 0.1) is 23.7 Å². The molecular weight excluding hydrogens is 359 g/mol. The summed E-state index contributed by atoms with van der Waals surface area (Å²) >= 11 is 0. The summed E-state index contributed by atoms with van der Waals surface area (Å²) in [6.07, 6.45) is 4.27. The number of amides is 1. The zero-order chi connectivity index (χ0) is 18.7. The smallest absolute Gasteiger partial charge is 0.257 e. The molecule has 1 aliphatic rings. The fourth-order valence-electron chi connectivity index (χ4n) is 3.14. The number of halogens is 1. The van der Waals surface area contributed by atoms with Crippen LogP contribution < -0.4 is 4.72 Å². The molecule has 1 amide bonds. The number of nitrogens with zero attached hydrogens (tertiary/aromatic N) is 2. The van der Waals surface area contributed by atoms with Crippen molar-refractivity contribution >= 4 is 15.9 Å². The summed E-state index contributed by atoms with van der Waals surface area (Å²) in [5, 5.41) is 6.77. The Bertz CT molecular complexity index is 880. The van der Waals surface area contributed by atoms with Gasteiger partial charge in [-0.1, -0.05) is 0 Å². The maximum absolute atomic E-state index is 13.1. The molecule has 0 saturated carbocycles. The van der Waals surface area contributed by atoms with Crippen LogP contribution in [0.2, 0.25) is 0 Å². The number of aromatic nitrogens is 2. The third-order valence-electron chi connectivity index (χ3n) is 4.44. The van der Waals surface area contributed by atoms with Gasteiger partial charge in [0.2, 0.25) is 10.0 Å². The third kappa shape index (κ3) is 4.47. The number of H-pyrrole nitrogens is 1. The summed E-state index contributed by atoms with van der Waals surface area (Å²) in [6.45, 7) is 1.41. The Morgan fingerprint density at radius 3 is 2.81 bits per heavy atom. The second kappa shape index (κ2) is 7.55. The second-order valence-electron chi connectivity index (χ2n) is 6.55. The standard InChI is InChI=1S/C17H21FN4O3S/c1-26(24,25)20-9-12-3-2-8-22(11-12)17(23)15-10-19-21-16(15)13-4-6-14(18)7-5-13/h4-7,10,12,20H,2-3,8-9,11H2,1H3,(H,19,21)/t12-/m1/s1.